The van der Waals surface area contributed by atoms with Gasteiger partial charge in [0.05, 0.1) is 0 Å². The van der Waals surface area contributed by atoms with Crippen LogP contribution in [0.1, 0.15) is 105 Å². The maximum atomic E-state index is 2.37. The molecule has 0 unspecified atom stereocenters. The van der Waals surface area contributed by atoms with E-state index in [2.05, 4.69) is 132 Å². The topological polar surface area (TPSA) is 0 Å². The lowest BCUT2D eigenvalue weighted by Gasteiger charge is -2.39. The van der Waals surface area contributed by atoms with Crippen molar-refractivity contribution in [3.8, 4) is 0 Å². The van der Waals surface area contributed by atoms with Crippen molar-refractivity contribution < 1.29 is 0 Å². The van der Waals surface area contributed by atoms with Crippen LogP contribution in [0.5, 0.6) is 0 Å². The van der Waals surface area contributed by atoms with E-state index >= 15 is 0 Å². The maximum Gasteiger partial charge on any atom is -0.0123 e. The summed E-state index contributed by atoms with van der Waals surface area (Å²) in [4.78, 5) is 0. The van der Waals surface area contributed by atoms with Crippen LogP contribution in [0.25, 0.3) is 11.1 Å². The molecule has 0 saturated heterocycles. The Labute approximate surface area is 186 Å². The molecule has 0 bridgehead atoms. The Kier molecular flexibility index (Phi) is 6.54. The number of benzene rings is 2. The molecule has 0 heteroatoms. The Hall–Kier alpha value is -1.82. The highest BCUT2D eigenvalue weighted by Gasteiger charge is 2.35. The van der Waals surface area contributed by atoms with Gasteiger partial charge in [-0.1, -0.05) is 132 Å². The number of hydrogen-bond acceptors (Lipinski definition) is 0. The fourth-order valence-electron chi connectivity index (χ4n) is 4.66. The fraction of sp³-hybridized carbons (Fsp3) is 0.533. The second kappa shape index (κ2) is 8.03. The first kappa shape index (κ1) is 24.4. The average Bonchev–Trinajstić information content (AvgIpc) is 2.56. The summed E-state index contributed by atoms with van der Waals surface area (Å²) in [6, 6.07) is 18.0. The van der Waals surface area contributed by atoms with Crippen LogP contribution in [0.15, 0.2) is 48.5 Å². The molecule has 0 spiro atoms. The normalized spacial score (nSPS) is 14.5. The SMILES string of the molecule is CC(C)(C)C(=C(c1cccc(C(C)(C)C)c1C(C)(C)C)C(C)(C)C)c1ccccc1. The van der Waals surface area contributed by atoms with Crippen molar-refractivity contribution in [2.45, 2.75) is 93.9 Å². The molecule has 0 aliphatic rings. The van der Waals surface area contributed by atoms with Gasteiger partial charge in [-0.3, -0.25) is 0 Å². The molecule has 0 aliphatic heterocycles. The van der Waals surface area contributed by atoms with Crippen LogP contribution in [0.3, 0.4) is 0 Å². The van der Waals surface area contributed by atoms with Crippen molar-refractivity contribution in [1.29, 1.82) is 0 Å². The Bertz CT molecular complexity index is 896. The van der Waals surface area contributed by atoms with Crippen LogP contribution >= 0.6 is 0 Å². The van der Waals surface area contributed by atoms with E-state index in [9.17, 15) is 0 Å². The quantitative estimate of drug-likeness (QED) is 0.437. The molecule has 2 aromatic carbocycles. The average molecular weight is 405 g/mol. The van der Waals surface area contributed by atoms with Crippen molar-refractivity contribution in [2.75, 3.05) is 0 Å². The minimum atomic E-state index is 0.00889. The molecule has 30 heavy (non-hydrogen) atoms. The number of allylic oxidation sites excluding steroid dienone is 2. The third-order valence-electron chi connectivity index (χ3n) is 5.70. The lowest BCUT2D eigenvalue weighted by molar-refractivity contribution is 0.516. The van der Waals surface area contributed by atoms with Gasteiger partial charge in [-0.2, -0.15) is 0 Å². The second-order valence-corrected chi connectivity index (χ2v) is 12.8. The molecule has 164 valence electrons. The van der Waals surface area contributed by atoms with Gasteiger partial charge in [-0.25, -0.2) is 0 Å². The van der Waals surface area contributed by atoms with E-state index in [4.69, 9.17) is 0 Å². The Morgan fingerprint density at radius 2 is 1.00 bits per heavy atom. The first-order chi connectivity index (χ1) is 13.5. The van der Waals surface area contributed by atoms with Crippen LogP contribution in [0, 0.1) is 10.8 Å². The molecule has 2 aromatic rings. The summed E-state index contributed by atoms with van der Waals surface area (Å²) in [5.74, 6) is 0. The molecule has 0 atom stereocenters. The van der Waals surface area contributed by atoms with Gasteiger partial charge in [0.25, 0.3) is 0 Å². The third kappa shape index (κ3) is 5.26. The fourth-order valence-corrected chi connectivity index (χ4v) is 4.66. The molecule has 0 nitrogen and oxygen atoms in total. The molecule has 0 N–H and O–H groups in total. The predicted molar refractivity (Wildman–Crippen MR) is 136 cm³/mol. The number of hydrogen-bond donors (Lipinski definition) is 0. The zero-order valence-electron chi connectivity index (χ0n) is 21.6. The standard InChI is InChI=1S/C30H44/c1-27(2,3)23-20-16-19-22(25(23)29(7,8)9)26(30(10,11)12)24(28(4,5)6)21-17-14-13-15-18-21/h13-20H,1-12H3. The van der Waals surface area contributed by atoms with Crippen molar-refractivity contribution in [2.24, 2.45) is 10.8 Å². The lowest BCUT2D eigenvalue weighted by atomic mass is 9.65. The summed E-state index contributed by atoms with van der Waals surface area (Å²) in [5, 5.41) is 0. The monoisotopic (exact) mass is 404 g/mol. The van der Waals surface area contributed by atoms with Crippen molar-refractivity contribution in [3.63, 3.8) is 0 Å². The molecule has 0 aromatic heterocycles. The van der Waals surface area contributed by atoms with Gasteiger partial charge in [0.15, 0.2) is 0 Å². The van der Waals surface area contributed by atoms with Gasteiger partial charge in [0, 0.05) is 0 Å². The van der Waals surface area contributed by atoms with Gasteiger partial charge in [0.2, 0.25) is 0 Å². The lowest BCUT2D eigenvalue weighted by Crippen LogP contribution is -2.26. The van der Waals surface area contributed by atoms with Gasteiger partial charge < -0.3 is 0 Å². The van der Waals surface area contributed by atoms with E-state index in [-0.39, 0.29) is 21.7 Å². The van der Waals surface area contributed by atoms with E-state index in [1.54, 1.807) is 0 Å². The summed E-state index contributed by atoms with van der Waals surface area (Å²) in [7, 11) is 0. The third-order valence-corrected chi connectivity index (χ3v) is 5.70. The van der Waals surface area contributed by atoms with Gasteiger partial charge >= 0.3 is 0 Å². The minimum Gasteiger partial charge on any atom is -0.0622 e. The van der Waals surface area contributed by atoms with Gasteiger partial charge in [-0.15, -0.1) is 0 Å². The minimum absolute atomic E-state index is 0.00889. The molecule has 2 rings (SSSR count). The summed E-state index contributed by atoms with van der Waals surface area (Å²) in [6.07, 6.45) is 0. The molecular weight excluding hydrogens is 360 g/mol. The predicted octanol–water partition coefficient (Wildman–Crippen LogP) is 9.28. The van der Waals surface area contributed by atoms with Crippen LogP contribution in [0.2, 0.25) is 0 Å². The van der Waals surface area contributed by atoms with E-state index < -0.39 is 0 Å². The summed E-state index contributed by atoms with van der Waals surface area (Å²) in [5.41, 5.74) is 8.78. The zero-order chi connectivity index (χ0) is 23.1. The van der Waals surface area contributed by atoms with Crippen molar-refractivity contribution in [1.82, 2.24) is 0 Å². The van der Waals surface area contributed by atoms with Crippen molar-refractivity contribution in [3.05, 3.63) is 70.8 Å². The van der Waals surface area contributed by atoms with Crippen LogP contribution in [0.4, 0.5) is 0 Å². The summed E-state index contributed by atoms with van der Waals surface area (Å²) >= 11 is 0. The Morgan fingerprint density at radius 1 is 0.500 bits per heavy atom. The molecule has 0 aliphatic carbocycles. The maximum absolute atomic E-state index is 2.37. The Balaban J connectivity index is 3.14. The van der Waals surface area contributed by atoms with E-state index in [1.165, 1.54) is 33.4 Å². The molecule has 0 fully saturated rings. The molecule has 0 radical (unpaired) electrons. The molecule has 0 saturated carbocycles. The summed E-state index contributed by atoms with van der Waals surface area (Å²) in [6.45, 7) is 28.3. The first-order valence-corrected chi connectivity index (χ1v) is 11.4. The highest BCUT2D eigenvalue weighted by atomic mass is 14.4. The molecule has 0 amide bonds. The van der Waals surface area contributed by atoms with Crippen molar-refractivity contribution >= 4 is 11.1 Å². The number of rotatable bonds is 2. The Morgan fingerprint density at radius 3 is 1.40 bits per heavy atom. The highest BCUT2D eigenvalue weighted by molar-refractivity contribution is 5.96. The van der Waals surface area contributed by atoms with Crippen LogP contribution in [-0.4, -0.2) is 0 Å². The molecular formula is C30H44. The van der Waals surface area contributed by atoms with Gasteiger partial charge in [-0.05, 0) is 55.1 Å². The highest BCUT2D eigenvalue weighted by Crippen LogP contribution is 2.50. The van der Waals surface area contributed by atoms with Gasteiger partial charge in [0.1, 0.15) is 0 Å². The van der Waals surface area contributed by atoms with E-state index in [1.807, 2.05) is 0 Å². The largest absolute Gasteiger partial charge is 0.0622 e. The summed E-state index contributed by atoms with van der Waals surface area (Å²) < 4.78 is 0. The zero-order valence-corrected chi connectivity index (χ0v) is 21.6. The van der Waals surface area contributed by atoms with E-state index in [0.717, 1.165) is 0 Å². The van der Waals surface area contributed by atoms with Crippen LogP contribution in [-0.2, 0) is 10.8 Å². The van der Waals surface area contributed by atoms with E-state index in [0.29, 0.717) is 0 Å². The first-order valence-electron chi connectivity index (χ1n) is 11.4. The van der Waals surface area contributed by atoms with Crippen LogP contribution < -0.4 is 0 Å². The smallest absolute Gasteiger partial charge is 0.0123 e. The molecule has 0 heterocycles. The second-order valence-electron chi connectivity index (χ2n) is 12.8.